The van der Waals surface area contributed by atoms with Crippen molar-refractivity contribution >= 4 is 65.7 Å². The predicted molar refractivity (Wildman–Crippen MR) is 154 cm³/mol. The molecule has 9 nitrogen and oxygen atoms in total. The number of aryl methyl sites for hydroxylation is 1. The molecule has 0 aliphatic rings. The summed E-state index contributed by atoms with van der Waals surface area (Å²) in [4.78, 5) is 12.7. The molecular weight excluding hydrogens is 547 g/mol. The number of carboxylic acids is 1. The minimum absolute atomic E-state index is 0.143. The monoisotopic (exact) mass is 573 g/mol. The lowest BCUT2D eigenvalue weighted by atomic mass is 10.0. The van der Waals surface area contributed by atoms with E-state index in [0.717, 1.165) is 39.4 Å². The molecule has 4 aromatic rings. The Morgan fingerprint density at radius 1 is 1.00 bits per heavy atom. The van der Waals surface area contributed by atoms with Gasteiger partial charge in [0.25, 0.3) is 0 Å². The molecule has 0 amide bonds. The SMILES string of the molecule is C=Cc1c(Cn2cc(CC(=O)O)c3ccc(-c4cc(NS(C)(=O)=O)cc(NS(C)(=O)=O)c4)cc32)csc1C. The van der Waals surface area contributed by atoms with E-state index in [0.29, 0.717) is 23.2 Å². The van der Waals surface area contributed by atoms with Crippen molar-refractivity contribution in [3.8, 4) is 11.1 Å². The van der Waals surface area contributed by atoms with Gasteiger partial charge in [-0.1, -0.05) is 24.8 Å². The second-order valence-electron chi connectivity index (χ2n) is 9.07. The number of carboxylic acid groups (broad SMARTS) is 1. The minimum Gasteiger partial charge on any atom is -0.481 e. The normalized spacial score (nSPS) is 12.0. The van der Waals surface area contributed by atoms with Crippen molar-refractivity contribution in [2.24, 2.45) is 0 Å². The van der Waals surface area contributed by atoms with E-state index in [1.807, 2.05) is 35.9 Å². The van der Waals surface area contributed by atoms with Crippen molar-refractivity contribution in [1.29, 1.82) is 0 Å². The maximum absolute atomic E-state index is 11.9. The van der Waals surface area contributed by atoms with E-state index >= 15 is 0 Å². The quantitative estimate of drug-likeness (QED) is 0.251. The summed E-state index contributed by atoms with van der Waals surface area (Å²) in [5.74, 6) is -0.942. The first-order valence-corrected chi connectivity index (χ1v) is 16.0. The van der Waals surface area contributed by atoms with Gasteiger partial charge >= 0.3 is 5.97 Å². The standard InChI is InChI=1S/C26H27N3O6S3/c1-5-23-16(2)36-15-20(23)14-29-13-19(11-26(30)31)24-7-6-17(10-25(24)29)18-8-21(27-37(3,32)33)12-22(9-18)28-38(4,34)35/h5-10,12-13,15,27-28H,1,11,14H2,2-4H3,(H,30,31). The number of anilines is 2. The lowest BCUT2D eigenvalue weighted by molar-refractivity contribution is -0.136. The molecule has 0 radical (unpaired) electrons. The van der Waals surface area contributed by atoms with Crippen molar-refractivity contribution < 1.29 is 26.7 Å². The Morgan fingerprint density at radius 2 is 1.63 bits per heavy atom. The first-order chi connectivity index (χ1) is 17.7. The second-order valence-corrected chi connectivity index (χ2v) is 13.6. The van der Waals surface area contributed by atoms with E-state index in [1.165, 1.54) is 6.07 Å². The van der Waals surface area contributed by atoms with Gasteiger partial charge in [-0.05, 0) is 64.4 Å². The molecule has 0 spiro atoms. The molecule has 2 heterocycles. The molecule has 12 heteroatoms. The van der Waals surface area contributed by atoms with Crippen molar-refractivity contribution in [2.75, 3.05) is 22.0 Å². The topological polar surface area (TPSA) is 135 Å². The summed E-state index contributed by atoms with van der Waals surface area (Å²) in [7, 11) is -7.24. The Bertz CT molecular complexity index is 1730. The molecule has 2 aromatic heterocycles. The molecule has 3 N–H and O–H groups in total. The summed E-state index contributed by atoms with van der Waals surface area (Å²) in [6.07, 6.45) is 5.52. The van der Waals surface area contributed by atoms with Crippen LogP contribution in [0.2, 0.25) is 0 Å². The van der Waals surface area contributed by atoms with Gasteiger partial charge in [0.15, 0.2) is 0 Å². The molecule has 200 valence electrons. The Balaban J connectivity index is 1.88. The van der Waals surface area contributed by atoms with Crippen LogP contribution in [0.1, 0.15) is 21.6 Å². The number of benzene rings is 2. The predicted octanol–water partition coefficient (Wildman–Crippen LogP) is 4.74. The van der Waals surface area contributed by atoms with Crippen molar-refractivity contribution in [3.63, 3.8) is 0 Å². The average Bonchev–Trinajstić information content (AvgIpc) is 3.30. The van der Waals surface area contributed by atoms with Gasteiger partial charge in [0.1, 0.15) is 0 Å². The third-order valence-electron chi connectivity index (χ3n) is 5.83. The molecular formula is C26H27N3O6S3. The number of thiophene rings is 1. The highest BCUT2D eigenvalue weighted by atomic mass is 32.2. The Morgan fingerprint density at radius 3 is 2.18 bits per heavy atom. The van der Waals surface area contributed by atoms with Crippen molar-refractivity contribution in [3.05, 3.63) is 76.1 Å². The molecule has 0 bridgehead atoms. The van der Waals surface area contributed by atoms with Crippen LogP contribution in [0.5, 0.6) is 0 Å². The summed E-state index contributed by atoms with van der Waals surface area (Å²) in [6, 6.07) is 10.1. The Labute approximate surface area is 225 Å². The number of nitrogens with zero attached hydrogens (tertiary/aromatic N) is 1. The van der Waals surface area contributed by atoms with Gasteiger partial charge in [-0.3, -0.25) is 14.2 Å². The van der Waals surface area contributed by atoms with Crippen LogP contribution in [0.15, 0.2) is 54.6 Å². The highest BCUT2D eigenvalue weighted by Gasteiger charge is 2.16. The first kappa shape index (κ1) is 27.4. The van der Waals surface area contributed by atoms with Crippen LogP contribution in [-0.2, 0) is 37.8 Å². The van der Waals surface area contributed by atoms with E-state index in [-0.39, 0.29) is 17.8 Å². The van der Waals surface area contributed by atoms with Gasteiger partial charge in [0.2, 0.25) is 20.0 Å². The number of aromatic nitrogens is 1. The van der Waals surface area contributed by atoms with E-state index in [1.54, 1.807) is 29.5 Å². The molecule has 4 rings (SSSR count). The summed E-state index contributed by atoms with van der Waals surface area (Å²) in [5, 5.41) is 12.3. The molecule has 0 aliphatic carbocycles. The number of hydrogen-bond donors (Lipinski definition) is 3. The van der Waals surface area contributed by atoms with Crippen LogP contribution in [-0.4, -0.2) is 45.0 Å². The van der Waals surface area contributed by atoms with Crippen LogP contribution >= 0.6 is 11.3 Å². The number of aliphatic carboxylic acids is 1. The van der Waals surface area contributed by atoms with Crippen LogP contribution in [0.3, 0.4) is 0 Å². The summed E-state index contributed by atoms with van der Waals surface area (Å²) >= 11 is 1.62. The van der Waals surface area contributed by atoms with E-state index < -0.39 is 26.0 Å². The molecule has 0 saturated heterocycles. The molecule has 0 aliphatic heterocycles. The van der Waals surface area contributed by atoms with E-state index in [2.05, 4.69) is 21.4 Å². The molecule has 0 saturated carbocycles. The molecule has 2 aromatic carbocycles. The van der Waals surface area contributed by atoms with Gasteiger partial charge in [-0.25, -0.2) is 16.8 Å². The zero-order chi connectivity index (χ0) is 27.8. The van der Waals surface area contributed by atoms with Crippen LogP contribution in [0.25, 0.3) is 28.1 Å². The molecule has 38 heavy (non-hydrogen) atoms. The first-order valence-electron chi connectivity index (χ1n) is 11.4. The van der Waals surface area contributed by atoms with Crippen molar-refractivity contribution in [1.82, 2.24) is 4.57 Å². The lowest BCUT2D eigenvalue weighted by Gasteiger charge is -2.13. The molecule has 0 unspecified atom stereocenters. The van der Waals surface area contributed by atoms with E-state index in [9.17, 15) is 26.7 Å². The number of fused-ring (bicyclic) bond motifs is 1. The van der Waals surface area contributed by atoms with Gasteiger partial charge < -0.3 is 9.67 Å². The van der Waals surface area contributed by atoms with Gasteiger partial charge in [-0.2, -0.15) is 0 Å². The van der Waals surface area contributed by atoms with Crippen LogP contribution in [0, 0.1) is 6.92 Å². The molecule has 0 atom stereocenters. The zero-order valence-electron chi connectivity index (χ0n) is 21.0. The van der Waals surface area contributed by atoms with Gasteiger partial charge in [-0.15, -0.1) is 11.3 Å². The number of hydrogen-bond acceptors (Lipinski definition) is 6. The summed E-state index contributed by atoms with van der Waals surface area (Å²) in [5.41, 5.74) is 5.21. The maximum atomic E-state index is 11.9. The fraction of sp³-hybridized carbons (Fsp3) is 0.192. The van der Waals surface area contributed by atoms with Gasteiger partial charge in [0, 0.05) is 28.5 Å². The Hall–Kier alpha value is -3.61. The minimum atomic E-state index is -3.62. The van der Waals surface area contributed by atoms with E-state index in [4.69, 9.17) is 0 Å². The number of carbonyl (C=O) groups is 1. The fourth-order valence-corrected chi connectivity index (χ4v) is 6.37. The number of rotatable bonds is 10. The maximum Gasteiger partial charge on any atom is 0.307 e. The Kier molecular flexibility index (Phi) is 7.42. The highest BCUT2D eigenvalue weighted by molar-refractivity contribution is 7.92. The molecule has 0 fully saturated rings. The average molecular weight is 574 g/mol. The summed E-state index contributed by atoms with van der Waals surface area (Å²) < 4.78 is 54.3. The van der Waals surface area contributed by atoms with Crippen molar-refractivity contribution in [2.45, 2.75) is 19.9 Å². The summed E-state index contributed by atoms with van der Waals surface area (Å²) in [6.45, 7) is 6.44. The second kappa shape index (κ2) is 10.3. The van der Waals surface area contributed by atoms with Crippen LogP contribution in [0.4, 0.5) is 11.4 Å². The van der Waals surface area contributed by atoms with Gasteiger partial charge in [0.05, 0.1) is 30.3 Å². The number of sulfonamides is 2. The fourth-order valence-electron chi connectivity index (χ4n) is 4.42. The lowest BCUT2D eigenvalue weighted by Crippen LogP contribution is -2.12. The zero-order valence-corrected chi connectivity index (χ0v) is 23.4. The largest absolute Gasteiger partial charge is 0.481 e. The third kappa shape index (κ3) is 6.44. The smallest absolute Gasteiger partial charge is 0.307 e. The third-order valence-corrected chi connectivity index (χ3v) is 8.02. The number of nitrogens with one attached hydrogen (secondary N) is 2. The highest BCUT2D eigenvalue weighted by Crippen LogP contribution is 2.33. The van der Waals surface area contributed by atoms with Crippen LogP contribution < -0.4 is 9.44 Å².